The van der Waals surface area contributed by atoms with E-state index in [1.165, 1.54) is 14.0 Å². The fraction of sp³-hybridized carbons (Fsp3) is 0.770. The van der Waals surface area contributed by atoms with Crippen molar-refractivity contribution in [2.45, 2.75) is 237 Å². The number of nitro groups is 1. The molecule has 0 radical (unpaired) electrons. The summed E-state index contributed by atoms with van der Waals surface area (Å²) in [6.45, 7) is 19.8. The van der Waals surface area contributed by atoms with Crippen molar-refractivity contribution in [3.8, 4) is 0 Å². The van der Waals surface area contributed by atoms with E-state index in [1.54, 1.807) is 53.7 Å². The standard InChI is InChI=1S/C61H88N2O21/c1-27-14-17-42(80-47-25-59(10,63(72)73)54(35(9)79-47)62-58(71)75-13)28(2)19-37-20-36(26-64)31(5)24-61(37)56(69)48(57(70)84-61)55(68)60(11)39(27)16-15-38-49(60)29(3)18-30(4)51(38)82-46-23-43(50(67)32(6)76-46)81-44-22-41(66)53(34(8)78-44)83-45-21-40(65)52(74-12)33(7)77-45/h14-16,19-20,26,29-35,37-47,49-54,65-68H,17-18,21-25H2,1-13H3,(H,62,71)/b27-14+,28-19+,55-48+/t29-,30-,31+,32-,33-,34-,35+,37+,38-,39-,40+,41+,42-,43+,44-,45+,46-,47-,49+,50-,51-,52-,53-,54-,59-,60+,61-/m0/s1. The number of esters is 1. The van der Waals surface area contributed by atoms with E-state index in [0.717, 1.165) is 12.7 Å². The largest absolute Gasteiger partial charge is 0.511 e. The number of rotatable bonds is 12. The lowest BCUT2D eigenvalue weighted by Gasteiger charge is -2.56. The smallest absolute Gasteiger partial charge is 0.407 e. The molecule has 1 spiro atoms. The van der Waals surface area contributed by atoms with Crippen LogP contribution in [0.15, 0.2) is 58.4 Å². The van der Waals surface area contributed by atoms with Crippen molar-refractivity contribution in [1.82, 2.24) is 5.32 Å². The Hall–Kier alpha value is -4.50. The number of amides is 1. The van der Waals surface area contributed by atoms with Crippen LogP contribution in [-0.4, -0.2) is 179 Å². The van der Waals surface area contributed by atoms with E-state index < -0.39 is 185 Å². The van der Waals surface area contributed by atoms with Crippen LogP contribution in [0.25, 0.3) is 0 Å². The summed E-state index contributed by atoms with van der Waals surface area (Å²) in [7, 11) is 2.66. The van der Waals surface area contributed by atoms with Gasteiger partial charge in [0.1, 0.15) is 42.0 Å². The average molecular weight is 1190 g/mol. The summed E-state index contributed by atoms with van der Waals surface area (Å²) >= 11 is 0. The molecular weight excluding hydrogens is 1100 g/mol. The first kappa shape index (κ1) is 64.0. The number of carbonyl (C=O) groups excluding carboxylic acids is 4. The number of carbonyl (C=O) groups is 4. The number of methoxy groups -OCH3 is 2. The van der Waals surface area contributed by atoms with E-state index in [-0.39, 0.29) is 50.4 Å². The van der Waals surface area contributed by atoms with E-state index >= 15 is 4.79 Å². The lowest BCUT2D eigenvalue weighted by molar-refractivity contribution is -0.584. The fourth-order valence-corrected chi connectivity index (χ4v) is 15.7. The maximum absolute atomic E-state index is 15.5. The molecule has 0 aromatic rings. The molecule has 5 heterocycles. The number of nitrogens with one attached hydrogen (secondary N) is 1. The Morgan fingerprint density at radius 2 is 1.38 bits per heavy atom. The van der Waals surface area contributed by atoms with Gasteiger partial charge in [-0.15, -0.1) is 0 Å². The summed E-state index contributed by atoms with van der Waals surface area (Å²) < 4.78 is 67.8. The second-order valence-corrected chi connectivity index (χ2v) is 25.8. The third-order valence-corrected chi connectivity index (χ3v) is 20.2. The van der Waals surface area contributed by atoms with Crippen LogP contribution < -0.4 is 5.32 Å². The number of ketones is 1. The Bertz CT molecular complexity index is 2630. The monoisotopic (exact) mass is 1180 g/mol. The topological polar surface area (TPSA) is 306 Å². The summed E-state index contributed by atoms with van der Waals surface area (Å²) in [5.74, 6) is -5.42. The lowest BCUT2D eigenvalue weighted by atomic mass is 9.49. The number of aldehydes is 1. The molecule has 0 aromatic heterocycles. The van der Waals surface area contributed by atoms with Gasteiger partial charge < -0.3 is 77.8 Å². The van der Waals surface area contributed by atoms with Crippen LogP contribution >= 0.6 is 0 Å². The van der Waals surface area contributed by atoms with Crippen LogP contribution in [0.2, 0.25) is 0 Å². The molecule has 0 unspecified atom stereocenters. The number of alkyl carbamates (subject to hydrolysis) is 1. The predicted molar refractivity (Wildman–Crippen MR) is 297 cm³/mol. The van der Waals surface area contributed by atoms with Gasteiger partial charge in [0.05, 0.1) is 68.5 Å². The highest BCUT2D eigenvalue weighted by Crippen LogP contribution is 2.61. The Balaban J connectivity index is 1.01. The van der Waals surface area contributed by atoms with Crippen LogP contribution in [0.4, 0.5) is 4.79 Å². The van der Waals surface area contributed by atoms with Gasteiger partial charge in [-0.25, -0.2) is 9.59 Å². The molecule has 23 heteroatoms. The lowest BCUT2D eigenvalue weighted by Crippen LogP contribution is -2.65. The van der Waals surface area contributed by atoms with E-state index in [4.69, 9.17) is 52.1 Å². The number of aliphatic hydroxyl groups excluding tert-OH is 4. The molecule has 6 fully saturated rings. The van der Waals surface area contributed by atoms with Crippen LogP contribution in [-0.2, 0) is 66.5 Å². The first-order chi connectivity index (χ1) is 39.6. The molecule has 4 aliphatic carbocycles. The van der Waals surface area contributed by atoms with Gasteiger partial charge in [-0.3, -0.25) is 19.7 Å². The Morgan fingerprint density at radius 3 is 2.01 bits per heavy atom. The Labute approximate surface area is 490 Å². The third kappa shape index (κ3) is 11.7. The van der Waals surface area contributed by atoms with Crippen LogP contribution in [0.1, 0.15) is 121 Å². The predicted octanol–water partition coefficient (Wildman–Crippen LogP) is 5.78. The van der Waals surface area contributed by atoms with Gasteiger partial charge in [-0.05, 0) is 89.2 Å². The highest BCUT2D eigenvalue weighted by molar-refractivity contribution is 6.26. The number of ether oxygens (including phenoxy) is 11. The second-order valence-electron chi connectivity index (χ2n) is 25.8. The van der Waals surface area contributed by atoms with Crippen LogP contribution in [0, 0.1) is 57.0 Å². The van der Waals surface area contributed by atoms with Crippen molar-refractivity contribution in [3.05, 3.63) is 68.5 Å². The molecule has 5 N–H and O–H groups in total. The number of Topliss-reactive ketones (excluding diaryl/α,β-unsaturated/α-hetero) is 1. The van der Waals surface area contributed by atoms with Gasteiger partial charge in [0, 0.05) is 67.8 Å². The summed E-state index contributed by atoms with van der Waals surface area (Å²) in [5.41, 5.74) is -3.76. The normalized spacial score (nSPS) is 49.3. The highest BCUT2D eigenvalue weighted by atomic mass is 16.7. The third-order valence-electron chi connectivity index (χ3n) is 20.2. The van der Waals surface area contributed by atoms with Crippen LogP contribution in [0.5, 0.6) is 0 Å². The van der Waals surface area contributed by atoms with Crippen molar-refractivity contribution in [1.29, 1.82) is 0 Å². The van der Waals surface area contributed by atoms with Crippen molar-refractivity contribution >= 4 is 24.1 Å². The first-order valence-corrected chi connectivity index (χ1v) is 29.8. The number of aliphatic hydroxyl groups is 4. The van der Waals surface area contributed by atoms with E-state index in [9.17, 15) is 44.9 Å². The Kier molecular flexibility index (Phi) is 19.0. The Morgan fingerprint density at radius 1 is 0.762 bits per heavy atom. The minimum Gasteiger partial charge on any atom is -0.511 e. The minimum atomic E-state index is -1.87. The number of fused-ring (bicyclic) bond motifs is 4. The first-order valence-electron chi connectivity index (χ1n) is 29.8. The molecular formula is C61H88N2O21. The number of hydrogen-bond acceptors (Lipinski definition) is 21. The number of nitrogens with zero attached hydrogens (tertiary/aromatic N) is 1. The zero-order chi connectivity index (χ0) is 61.2. The fourth-order valence-electron chi connectivity index (χ4n) is 15.7. The molecule has 5 saturated heterocycles. The van der Waals surface area contributed by atoms with E-state index in [1.807, 2.05) is 26.0 Å². The van der Waals surface area contributed by atoms with Gasteiger partial charge in [-0.1, -0.05) is 63.6 Å². The molecule has 9 rings (SSSR count). The number of hydrogen-bond donors (Lipinski definition) is 5. The molecule has 2 bridgehead atoms. The maximum atomic E-state index is 15.5. The van der Waals surface area contributed by atoms with E-state index in [2.05, 4.69) is 25.2 Å². The van der Waals surface area contributed by atoms with Gasteiger partial charge in [-0.2, -0.15) is 0 Å². The maximum Gasteiger partial charge on any atom is 0.407 e. The zero-order valence-corrected chi connectivity index (χ0v) is 50.4. The summed E-state index contributed by atoms with van der Waals surface area (Å²) in [5, 5.41) is 62.2. The van der Waals surface area contributed by atoms with Gasteiger partial charge in [0.2, 0.25) is 11.3 Å². The average Bonchev–Trinajstić information content (AvgIpc) is 2.80. The zero-order valence-electron chi connectivity index (χ0n) is 50.4. The van der Waals surface area contributed by atoms with Gasteiger partial charge in [0.25, 0.3) is 0 Å². The molecule has 5 aliphatic heterocycles. The molecule has 1 amide bonds. The van der Waals surface area contributed by atoms with E-state index in [0.29, 0.717) is 23.9 Å². The van der Waals surface area contributed by atoms with Gasteiger partial charge in [0.15, 0.2) is 30.8 Å². The second kappa shape index (κ2) is 24.9. The molecule has 84 heavy (non-hydrogen) atoms. The van der Waals surface area contributed by atoms with Crippen molar-refractivity contribution in [2.75, 3.05) is 14.2 Å². The summed E-state index contributed by atoms with van der Waals surface area (Å²) in [6.07, 6.45) is -3.30. The molecule has 0 aromatic carbocycles. The van der Waals surface area contributed by atoms with Crippen molar-refractivity contribution < 1.29 is 96.6 Å². The minimum absolute atomic E-state index is 0.00996. The summed E-state index contributed by atoms with van der Waals surface area (Å²) in [4.78, 5) is 67.6. The molecule has 27 atom stereocenters. The van der Waals surface area contributed by atoms with Crippen LogP contribution in [0.3, 0.4) is 0 Å². The van der Waals surface area contributed by atoms with Gasteiger partial charge >= 0.3 is 12.1 Å². The SMILES string of the molecule is COC(=O)N[C@H]1[C@@H](C)O[C@@H](O[C@H]2C/C=C(\C)[C@@H]3C=C[C@@H]4[C@@H](O[C@H]5C[C@@H](O[C@H]6C[C@@H](O)[C@@H](O[C@@H]7C[C@@H](O)[C@@H](OC)[C@H](C)O7)[C@H](C)O6)[C@@H](O)[C@H](C)O5)[C@@H](C)C[C@H](C)[C@H]4[C@]3(C)/C(O)=C3\C(=O)O[C@]4(C[C@@H](C)C(C=O)=C[C@H]4/C=C/2C)C3=O)C[C@]1(C)[N+](=O)[O-]. The van der Waals surface area contributed by atoms with Crippen molar-refractivity contribution in [2.24, 2.45) is 46.8 Å². The number of allylic oxidation sites excluding steroid dienone is 4. The van der Waals surface area contributed by atoms with Crippen molar-refractivity contribution in [3.63, 3.8) is 0 Å². The molecule has 9 aliphatic rings. The quantitative estimate of drug-likeness (QED) is 0.0386. The molecule has 468 valence electrons. The summed E-state index contributed by atoms with van der Waals surface area (Å²) in [6, 6.07) is -1.09. The molecule has 1 saturated carbocycles. The molecule has 23 nitrogen and oxygen atoms in total. The highest BCUT2D eigenvalue weighted by Gasteiger charge is 2.64.